The Labute approximate surface area is 106 Å². The number of anilines is 1. The van der Waals surface area contributed by atoms with Gasteiger partial charge in [0.1, 0.15) is 11.5 Å². The fraction of sp³-hybridized carbons (Fsp3) is 0.357. The first-order valence-electron chi connectivity index (χ1n) is 6.19. The minimum absolute atomic E-state index is 0.446. The quantitative estimate of drug-likeness (QED) is 0.900. The van der Waals surface area contributed by atoms with Crippen LogP contribution in [-0.4, -0.2) is 12.3 Å². The average Bonchev–Trinajstić information content (AvgIpc) is 2.69. The van der Waals surface area contributed by atoms with Crippen LogP contribution in [0.2, 0.25) is 0 Å². The van der Waals surface area contributed by atoms with Gasteiger partial charge in [0.25, 0.3) is 0 Å². The molecule has 4 heteroatoms. The van der Waals surface area contributed by atoms with Crippen molar-refractivity contribution in [2.24, 2.45) is 0 Å². The van der Waals surface area contributed by atoms with Crippen molar-refractivity contribution in [1.82, 2.24) is 5.16 Å². The molecular formula is C14H16N2O2. The van der Waals surface area contributed by atoms with Crippen molar-refractivity contribution in [3.05, 3.63) is 30.0 Å². The Morgan fingerprint density at radius 3 is 2.78 bits per heavy atom. The van der Waals surface area contributed by atoms with Crippen LogP contribution in [0.25, 0.3) is 11.1 Å². The first-order valence-corrected chi connectivity index (χ1v) is 6.19. The molecule has 0 amide bonds. The van der Waals surface area contributed by atoms with Gasteiger partial charge in [0.2, 0.25) is 0 Å². The van der Waals surface area contributed by atoms with E-state index in [4.69, 9.17) is 15.0 Å². The second-order valence-corrected chi connectivity index (χ2v) is 4.64. The highest BCUT2D eigenvalue weighted by atomic mass is 16.5. The molecule has 1 aromatic carbocycles. The zero-order chi connectivity index (χ0) is 12.5. The number of hydrogen-bond acceptors (Lipinski definition) is 4. The molecule has 0 saturated heterocycles. The van der Waals surface area contributed by atoms with Crippen molar-refractivity contribution in [3.8, 4) is 16.9 Å². The molecule has 1 fully saturated rings. The minimum atomic E-state index is 0.446. The van der Waals surface area contributed by atoms with Crippen molar-refractivity contribution in [3.63, 3.8) is 0 Å². The second-order valence-electron chi connectivity index (χ2n) is 4.64. The van der Waals surface area contributed by atoms with Gasteiger partial charge in [-0.2, -0.15) is 0 Å². The van der Waals surface area contributed by atoms with E-state index in [2.05, 4.69) is 5.16 Å². The van der Waals surface area contributed by atoms with E-state index in [0.29, 0.717) is 11.7 Å². The Kier molecular flexibility index (Phi) is 2.70. The Balaban J connectivity index is 2.12. The molecule has 18 heavy (non-hydrogen) atoms. The monoisotopic (exact) mass is 244 g/mol. The zero-order valence-electron chi connectivity index (χ0n) is 10.3. The molecule has 0 bridgehead atoms. The summed E-state index contributed by atoms with van der Waals surface area (Å²) >= 11 is 0. The van der Waals surface area contributed by atoms with E-state index in [1.54, 1.807) is 7.11 Å². The van der Waals surface area contributed by atoms with Gasteiger partial charge in [0.15, 0.2) is 5.82 Å². The third kappa shape index (κ3) is 1.65. The summed E-state index contributed by atoms with van der Waals surface area (Å²) in [6.07, 6.45) is 3.55. The molecule has 0 unspecified atom stereocenters. The van der Waals surface area contributed by atoms with E-state index in [1.165, 1.54) is 6.42 Å². The van der Waals surface area contributed by atoms with Gasteiger partial charge in [-0.05, 0) is 18.9 Å². The van der Waals surface area contributed by atoms with Crippen LogP contribution in [0.3, 0.4) is 0 Å². The third-order valence-corrected chi connectivity index (χ3v) is 3.60. The number of ether oxygens (including phenoxy) is 1. The van der Waals surface area contributed by atoms with Gasteiger partial charge in [-0.1, -0.05) is 29.8 Å². The molecule has 1 aromatic heterocycles. The van der Waals surface area contributed by atoms with Crippen LogP contribution in [0.4, 0.5) is 5.82 Å². The molecule has 0 spiro atoms. The summed E-state index contributed by atoms with van der Waals surface area (Å²) in [4.78, 5) is 0. The van der Waals surface area contributed by atoms with Crippen molar-refractivity contribution in [1.29, 1.82) is 0 Å². The molecule has 1 saturated carbocycles. The molecule has 0 atom stereocenters. The van der Waals surface area contributed by atoms with Crippen molar-refractivity contribution >= 4 is 5.82 Å². The molecular weight excluding hydrogens is 228 g/mol. The van der Waals surface area contributed by atoms with Gasteiger partial charge in [0, 0.05) is 11.5 Å². The molecule has 1 aliphatic carbocycles. The summed E-state index contributed by atoms with van der Waals surface area (Å²) in [5, 5.41) is 3.92. The van der Waals surface area contributed by atoms with Gasteiger partial charge >= 0.3 is 0 Å². The van der Waals surface area contributed by atoms with E-state index >= 15 is 0 Å². The molecule has 1 heterocycles. The zero-order valence-corrected chi connectivity index (χ0v) is 10.3. The van der Waals surface area contributed by atoms with E-state index in [0.717, 1.165) is 35.5 Å². The van der Waals surface area contributed by atoms with Crippen LogP contribution >= 0.6 is 0 Å². The third-order valence-electron chi connectivity index (χ3n) is 3.60. The summed E-state index contributed by atoms with van der Waals surface area (Å²) in [7, 11) is 1.66. The van der Waals surface area contributed by atoms with Crippen LogP contribution in [-0.2, 0) is 0 Å². The lowest BCUT2D eigenvalue weighted by atomic mass is 9.81. The highest BCUT2D eigenvalue weighted by molar-refractivity contribution is 5.80. The lowest BCUT2D eigenvalue weighted by Crippen LogP contribution is -2.09. The molecule has 4 nitrogen and oxygen atoms in total. The number of hydrogen-bond donors (Lipinski definition) is 1. The molecule has 0 aliphatic heterocycles. The lowest BCUT2D eigenvalue weighted by Gasteiger charge is -2.23. The number of aromatic nitrogens is 1. The van der Waals surface area contributed by atoms with E-state index in [1.807, 2.05) is 24.3 Å². The van der Waals surface area contributed by atoms with E-state index < -0.39 is 0 Å². The molecule has 2 aromatic rings. The van der Waals surface area contributed by atoms with Crippen LogP contribution < -0.4 is 10.5 Å². The summed E-state index contributed by atoms with van der Waals surface area (Å²) in [6, 6.07) is 7.82. The van der Waals surface area contributed by atoms with Gasteiger partial charge < -0.3 is 15.0 Å². The molecule has 94 valence electrons. The first-order chi connectivity index (χ1) is 8.81. The largest absolute Gasteiger partial charge is 0.496 e. The van der Waals surface area contributed by atoms with E-state index in [-0.39, 0.29) is 0 Å². The lowest BCUT2D eigenvalue weighted by molar-refractivity contribution is 0.302. The summed E-state index contributed by atoms with van der Waals surface area (Å²) in [5.41, 5.74) is 7.81. The highest BCUT2D eigenvalue weighted by Gasteiger charge is 2.29. The summed E-state index contributed by atoms with van der Waals surface area (Å²) in [5.74, 6) is 2.60. The minimum Gasteiger partial charge on any atom is -0.496 e. The Bertz CT molecular complexity index is 559. The van der Waals surface area contributed by atoms with Gasteiger partial charge in [-0.3, -0.25) is 0 Å². The second kappa shape index (κ2) is 4.37. The Morgan fingerprint density at radius 2 is 2.11 bits per heavy atom. The van der Waals surface area contributed by atoms with Crippen molar-refractivity contribution in [2.75, 3.05) is 12.8 Å². The number of nitrogens with zero attached hydrogens (tertiary/aromatic N) is 1. The maximum atomic E-state index is 5.95. The number of nitrogens with two attached hydrogens (primary N) is 1. The van der Waals surface area contributed by atoms with Crippen LogP contribution in [0.15, 0.2) is 28.8 Å². The molecule has 3 rings (SSSR count). The van der Waals surface area contributed by atoms with Gasteiger partial charge in [-0.25, -0.2) is 0 Å². The van der Waals surface area contributed by atoms with E-state index in [9.17, 15) is 0 Å². The predicted octanol–water partition coefficient (Wildman–Crippen LogP) is 3.20. The summed E-state index contributed by atoms with van der Waals surface area (Å²) in [6.45, 7) is 0. The first kappa shape index (κ1) is 11.1. The fourth-order valence-electron chi connectivity index (χ4n) is 2.39. The number of benzene rings is 1. The number of methoxy groups -OCH3 is 1. The van der Waals surface area contributed by atoms with Crippen molar-refractivity contribution < 1.29 is 9.26 Å². The molecule has 1 aliphatic rings. The number of para-hydroxylation sites is 1. The van der Waals surface area contributed by atoms with Gasteiger partial charge in [-0.15, -0.1) is 0 Å². The van der Waals surface area contributed by atoms with Gasteiger partial charge in [0.05, 0.1) is 12.7 Å². The van der Waals surface area contributed by atoms with Crippen LogP contribution in [0.5, 0.6) is 5.75 Å². The van der Waals surface area contributed by atoms with Crippen LogP contribution in [0, 0.1) is 0 Å². The SMILES string of the molecule is COc1ccccc1-c1c(N)noc1C1CCC1. The molecule has 0 radical (unpaired) electrons. The maximum absolute atomic E-state index is 5.95. The topological polar surface area (TPSA) is 61.3 Å². The Hall–Kier alpha value is -1.97. The maximum Gasteiger partial charge on any atom is 0.175 e. The standard InChI is InChI=1S/C14H16N2O2/c1-17-11-8-3-2-7-10(11)12-13(9-5-4-6-9)18-16-14(12)15/h2-3,7-9H,4-6H2,1H3,(H2,15,16). The number of nitrogen functional groups attached to an aromatic ring is 1. The smallest absolute Gasteiger partial charge is 0.175 e. The van der Waals surface area contributed by atoms with Crippen LogP contribution in [0.1, 0.15) is 30.9 Å². The summed E-state index contributed by atoms with van der Waals surface area (Å²) < 4.78 is 10.8. The predicted molar refractivity (Wildman–Crippen MR) is 69.5 cm³/mol. The normalized spacial score (nSPS) is 15.4. The molecule has 2 N–H and O–H groups in total. The highest BCUT2D eigenvalue weighted by Crippen LogP contribution is 2.45. The van der Waals surface area contributed by atoms with Crippen molar-refractivity contribution in [2.45, 2.75) is 25.2 Å². The number of rotatable bonds is 3. The Morgan fingerprint density at radius 1 is 1.33 bits per heavy atom. The fourth-order valence-corrected chi connectivity index (χ4v) is 2.39. The average molecular weight is 244 g/mol.